The van der Waals surface area contributed by atoms with Gasteiger partial charge in [0.05, 0.1) is 0 Å². The molecule has 0 saturated carbocycles. The van der Waals surface area contributed by atoms with E-state index in [2.05, 4.69) is 41.6 Å². The fourth-order valence-corrected chi connectivity index (χ4v) is 2.86. The molecule has 2 amide bonds. The predicted octanol–water partition coefficient (Wildman–Crippen LogP) is 2.65. The van der Waals surface area contributed by atoms with Crippen LogP contribution < -0.4 is 16.4 Å². The monoisotopic (exact) mass is 346 g/mol. The van der Waals surface area contributed by atoms with Crippen molar-refractivity contribution in [2.45, 2.75) is 32.7 Å². The maximum absolute atomic E-state index is 12.1. The molecule has 0 fully saturated rings. The van der Waals surface area contributed by atoms with Crippen molar-refractivity contribution in [1.82, 2.24) is 10.3 Å². The Balaban J connectivity index is 1.90. The molecular formula is C17H22N4O2S. The van der Waals surface area contributed by atoms with Crippen molar-refractivity contribution in [3.8, 4) is 0 Å². The average molecular weight is 346 g/mol. The fourth-order valence-electron chi connectivity index (χ4n) is 2.13. The second-order valence-electron chi connectivity index (χ2n) is 5.86. The minimum atomic E-state index is -0.308. The van der Waals surface area contributed by atoms with Gasteiger partial charge in [0.15, 0.2) is 5.13 Å². The van der Waals surface area contributed by atoms with Crippen LogP contribution in [0.5, 0.6) is 0 Å². The zero-order chi connectivity index (χ0) is 17.7. The van der Waals surface area contributed by atoms with Crippen molar-refractivity contribution >= 4 is 28.3 Å². The zero-order valence-corrected chi connectivity index (χ0v) is 14.8. The molecule has 0 spiro atoms. The lowest BCUT2D eigenvalue weighted by Gasteiger charge is -2.14. The third kappa shape index (κ3) is 4.87. The molecule has 1 atom stereocenters. The first-order chi connectivity index (χ1) is 11.4. The van der Waals surface area contributed by atoms with E-state index in [1.165, 1.54) is 23.8 Å². The first-order valence-corrected chi connectivity index (χ1v) is 8.61. The number of anilines is 1. The van der Waals surface area contributed by atoms with Crippen LogP contribution in [0.1, 0.15) is 54.3 Å². The van der Waals surface area contributed by atoms with Gasteiger partial charge in [0.25, 0.3) is 5.91 Å². The van der Waals surface area contributed by atoms with Gasteiger partial charge in [-0.2, -0.15) is 0 Å². The van der Waals surface area contributed by atoms with Crippen molar-refractivity contribution < 1.29 is 9.59 Å². The quantitative estimate of drug-likeness (QED) is 0.749. The number of nitrogens with one attached hydrogen (secondary N) is 2. The van der Waals surface area contributed by atoms with E-state index in [-0.39, 0.29) is 23.6 Å². The van der Waals surface area contributed by atoms with E-state index in [1.807, 2.05) is 12.1 Å². The van der Waals surface area contributed by atoms with E-state index in [0.717, 1.165) is 5.56 Å². The molecular weight excluding hydrogens is 324 g/mol. The first kappa shape index (κ1) is 18.1. The molecule has 7 heteroatoms. The molecule has 0 aliphatic carbocycles. The second-order valence-corrected chi connectivity index (χ2v) is 6.72. The lowest BCUT2D eigenvalue weighted by Crippen LogP contribution is -2.32. The van der Waals surface area contributed by atoms with Gasteiger partial charge in [0.1, 0.15) is 5.69 Å². The molecule has 1 heterocycles. The Labute approximate surface area is 145 Å². The number of amides is 2. The van der Waals surface area contributed by atoms with Crippen molar-refractivity contribution in [2.75, 3.05) is 11.9 Å². The largest absolute Gasteiger partial charge is 0.349 e. The third-order valence-corrected chi connectivity index (χ3v) is 4.29. The maximum Gasteiger partial charge on any atom is 0.270 e. The Hall–Kier alpha value is -2.25. The standard InChI is InChI=1S/C17H22N4O2S/c1-10(2)12-4-6-13(7-5-12)14(18)8-19-16(23)15-9-24-17(21-15)20-11(3)22/h4-7,9-10,14H,8,18H2,1-3H3,(H,19,23)(H,20,21,22). The zero-order valence-electron chi connectivity index (χ0n) is 14.0. The summed E-state index contributed by atoms with van der Waals surface area (Å²) >= 11 is 1.21. The minimum absolute atomic E-state index is 0.219. The molecule has 24 heavy (non-hydrogen) atoms. The molecule has 6 nitrogen and oxygen atoms in total. The second kappa shape index (κ2) is 8.03. The van der Waals surface area contributed by atoms with Gasteiger partial charge in [-0.05, 0) is 17.0 Å². The SMILES string of the molecule is CC(=O)Nc1nc(C(=O)NCC(N)c2ccc(C(C)C)cc2)cs1. The van der Waals surface area contributed by atoms with Gasteiger partial charge < -0.3 is 16.4 Å². The normalized spacial score (nSPS) is 12.0. The summed E-state index contributed by atoms with van der Waals surface area (Å²) < 4.78 is 0. The van der Waals surface area contributed by atoms with Crippen molar-refractivity contribution in [2.24, 2.45) is 5.73 Å². The van der Waals surface area contributed by atoms with E-state index in [9.17, 15) is 9.59 Å². The highest BCUT2D eigenvalue weighted by Gasteiger charge is 2.13. The molecule has 128 valence electrons. The number of hydrogen-bond donors (Lipinski definition) is 3. The average Bonchev–Trinajstić information content (AvgIpc) is 3.00. The van der Waals surface area contributed by atoms with E-state index in [4.69, 9.17) is 5.73 Å². The van der Waals surface area contributed by atoms with Crippen LogP contribution in [-0.4, -0.2) is 23.3 Å². The van der Waals surface area contributed by atoms with Crippen molar-refractivity contribution in [1.29, 1.82) is 0 Å². The molecule has 4 N–H and O–H groups in total. The Kier molecular flexibility index (Phi) is 6.05. The van der Waals surface area contributed by atoms with E-state index in [0.29, 0.717) is 17.6 Å². The summed E-state index contributed by atoms with van der Waals surface area (Å²) in [6, 6.07) is 7.81. The van der Waals surface area contributed by atoms with Crippen molar-refractivity contribution in [3.05, 3.63) is 46.5 Å². The lowest BCUT2D eigenvalue weighted by atomic mass is 9.99. The Bertz CT molecular complexity index is 710. The highest BCUT2D eigenvalue weighted by Crippen LogP contribution is 2.18. The number of nitrogens with two attached hydrogens (primary N) is 1. The number of carbonyl (C=O) groups is 2. The van der Waals surface area contributed by atoms with Gasteiger partial charge in [-0.3, -0.25) is 9.59 Å². The van der Waals surface area contributed by atoms with Gasteiger partial charge >= 0.3 is 0 Å². The number of hydrogen-bond acceptors (Lipinski definition) is 5. The molecule has 0 saturated heterocycles. The number of thiazole rings is 1. The summed E-state index contributed by atoms with van der Waals surface area (Å²) in [6.45, 7) is 5.98. The summed E-state index contributed by atoms with van der Waals surface area (Å²) in [4.78, 5) is 27.1. The van der Waals surface area contributed by atoms with E-state index in [1.54, 1.807) is 5.38 Å². The summed E-state index contributed by atoms with van der Waals surface area (Å²) in [5, 5.41) is 7.32. The lowest BCUT2D eigenvalue weighted by molar-refractivity contribution is -0.114. The van der Waals surface area contributed by atoms with Crippen LogP contribution in [0.25, 0.3) is 0 Å². The van der Waals surface area contributed by atoms with E-state index < -0.39 is 0 Å². The molecule has 0 aliphatic rings. The minimum Gasteiger partial charge on any atom is -0.349 e. The van der Waals surface area contributed by atoms with Gasteiger partial charge in [0, 0.05) is 24.9 Å². The summed E-state index contributed by atoms with van der Waals surface area (Å²) in [7, 11) is 0. The van der Waals surface area contributed by atoms with Gasteiger partial charge in [-0.15, -0.1) is 11.3 Å². The molecule has 0 aliphatic heterocycles. The number of aromatic nitrogens is 1. The van der Waals surface area contributed by atoms with Gasteiger partial charge in [-0.1, -0.05) is 38.1 Å². The van der Waals surface area contributed by atoms with Crippen LogP contribution in [0.2, 0.25) is 0 Å². The summed E-state index contributed by atoms with van der Waals surface area (Å²) in [5.41, 5.74) is 8.62. The van der Waals surface area contributed by atoms with Crippen LogP contribution in [0.4, 0.5) is 5.13 Å². The maximum atomic E-state index is 12.1. The Morgan fingerprint density at radius 1 is 1.21 bits per heavy atom. The smallest absolute Gasteiger partial charge is 0.270 e. The number of carbonyl (C=O) groups excluding carboxylic acids is 2. The molecule has 2 aromatic rings. The van der Waals surface area contributed by atoms with Gasteiger partial charge in [0.2, 0.25) is 5.91 Å². The Morgan fingerprint density at radius 3 is 2.42 bits per heavy atom. The van der Waals surface area contributed by atoms with Crippen molar-refractivity contribution in [3.63, 3.8) is 0 Å². The third-order valence-electron chi connectivity index (χ3n) is 3.53. The Morgan fingerprint density at radius 2 is 1.83 bits per heavy atom. The van der Waals surface area contributed by atoms with Crippen LogP contribution in [0.3, 0.4) is 0 Å². The molecule has 1 aromatic heterocycles. The van der Waals surface area contributed by atoms with Crippen LogP contribution in [-0.2, 0) is 4.79 Å². The molecule has 0 radical (unpaired) electrons. The highest BCUT2D eigenvalue weighted by molar-refractivity contribution is 7.14. The van der Waals surface area contributed by atoms with Crippen LogP contribution >= 0.6 is 11.3 Å². The van der Waals surface area contributed by atoms with Crippen LogP contribution in [0.15, 0.2) is 29.6 Å². The summed E-state index contributed by atoms with van der Waals surface area (Å²) in [5.74, 6) is -0.0577. The molecule has 2 rings (SSSR count). The number of benzene rings is 1. The molecule has 1 aromatic carbocycles. The highest BCUT2D eigenvalue weighted by atomic mass is 32.1. The van der Waals surface area contributed by atoms with Crippen LogP contribution in [0, 0.1) is 0 Å². The predicted molar refractivity (Wildman–Crippen MR) is 96.2 cm³/mol. The topological polar surface area (TPSA) is 97.1 Å². The summed E-state index contributed by atoms with van der Waals surface area (Å²) in [6.07, 6.45) is 0. The molecule has 1 unspecified atom stereocenters. The van der Waals surface area contributed by atoms with E-state index >= 15 is 0 Å². The fraction of sp³-hybridized carbons (Fsp3) is 0.353. The molecule has 0 bridgehead atoms. The van der Waals surface area contributed by atoms with Gasteiger partial charge in [-0.25, -0.2) is 4.98 Å². The number of rotatable bonds is 6. The number of nitrogens with zero attached hydrogens (tertiary/aromatic N) is 1. The first-order valence-electron chi connectivity index (χ1n) is 7.73.